The molecule has 2 rings (SSSR count). The van der Waals surface area contributed by atoms with Crippen LogP contribution in [0.1, 0.15) is 13.3 Å². The zero-order valence-corrected chi connectivity index (χ0v) is 7.93. The van der Waals surface area contributed by atoms with Crippen molar-refractivity contribution in [3.63, 3.8) is 0 Å². The molecule has 2 aliphatic heterocycles. The number of fused-ring (bicyclic) bond motifs is 1. The Hall–Kier alpha value is -0.860. The molecule has 0 radical (unpaired) electrons. The van der Waals surface area contributed by atoms with Gasteiger partial charge in [0.25, 0.3) is 0 Å². The second-order valence-electron chi connectivity index (χ2n) is 3.71. The third-order valence-corrected chi connectivity index (χ3v) is 2.37. The average molecular weight is 224 g/mol. The largest absolute Gasteiger partial charge is 0.418 e. The van der Waals surface area contributed by atoms with E-state index >= 15 is 0 Å². The van der Waals surface area contributed by atoms with E-state index in [1.165, 1.54) is 0 Å². The first kappa shape index (κ1) is 10.7. The molecule has 0 aromatic carbocycles. The van der Waals surface area contributed by atoms with Crippen LogP contribution in [0.25, 0.3) is 0 Å². The highest BCUT2D eigenvalue weighted by atomic mass is 19.4. The lowest BCUT2D eigenvalue weighted by Gasteiger charge is -2.32. The van der Waals surface area contributed by atoms with Gasteiger partial charge in [0.05, 0.1) is 0 Å². The fourth-order valence-electron chi connectivity index (χ4n) is 1.68. The number of nitrogens with zero attached hydrogens (tertiary/aromatic N) is 1. The molecule has 3 unspecified atom stereocenters. The van der Waals surface area contributed by atoms with Gasteiger partial charge in [-0.2, -0.15) is 13.2 Å². The summed E-state index contributed by atoms with van der Waals surface area (Å²) >= 11 is 0. The average Bonchev–Trinajstić information content (AvgIpc) is 2.46. The van der Waals surface area contributed by atoms with E-state index in [-0.39, 0.29) is 18.4 Å². The van der Waals surface area contributed by atoms with Gasteiger partial charge in [-0.3, -0.25) is 15.4 Å². The number of hydrogen-bond acceptors (Lipinski definition) is 4. The smallest absolute Gasteiger partial charge is 0.281 e. The molecule has 8 heteroatoms. The molecule has 0 saturated carbocycles. The summed E-state index contributed by atoms with van der Waals surface area (Å²) in [4.78, 5) is 11.4. The SMILES string of the molecule is CC1CC(=O)N2NC(C(F)(F)F)NC2N1. The molecule has 2 fully saturated rings. The van der Waals surface area contributed by atoms with Gasteiger partial charge in [-0.05, 0) is 6.92 Å². The number of carbonyl (C=O) groups excluding carboxylic acids is 1. The summed E-state index contributed by atoms with van der Waals surface area (Å²) in [6.07, 6.45) is -6.88. The Morgan fingerprint density at radius 1 is 1.40 bits per heavy atom. The lowest BCUT2D eigenvalue weighted by atomic mass is 10.2. The Kier molecular flexibility index (Phi) is 2.36. The summed E-state index contributed by atoms with van der Waals surface area (Å²) in [5.41, 5.74) is 2.09. The summed E-state index contributed by atoms with van der Waals surface area (Å²) in [6, 6.07) is -0.125. The van der Waals surface area contributed by atoms with E-state index in [1.807, 2.05) is 0 Å². The van der Waals surface area contributed by atoms with Crippen LogP contribution in [-0.4, -0.2) is 35.6 Å². The van der Waals surface area contributed by atoms with E-state index in [2.05, 4.69) is 16.1 Å². The monoisotopic (exact) mass is 224 g/mol. The van der Waals surface area contributed by atoms with Crippen molar-refractivity contribution in [1.82, 2.24) is 21.1 Å². The van der Waals surface area contributed by atoms with Gasteiger partial charge < -0.3 is 0 Å². The number of halogens is 3. The summed E-state index contributed by atoms with van der Waals surface area (Å²) in [6.45, 7) is 1.75. The highest BCUT2D eigenvalue weighted by Crippen LogP contribution is 2.23. The Labute approximate surface area is 84.0 Å². The normalized spacial score (nSPS) is 36.9. The van der Waals surface area contributed by atoms with Crippen molar-refractivity contribution in [2.24, 2.45) is 0 Å². The van der Waals surface area contributed by atoms with Gasteiger partial charge >= 0.3 is 6.18 Å². The zero-order chi connectivity index (χ0) is 11.2. The van der Waals surface area contributed by atoms with Gasteiger partial charge in [-0.25, -0.2) is 10.4 Å². The van der Waals surface area contributed by atoms with Crippen LogP contribution in [0.3, 0.4) is 0 Å². The molecule has 0 bridgehead atoms. The lowest BCUT2D eigenvalue weighted by molar-refractivity contribution is -0.163. The van der Waals surface area contributed by atoms with E-state index in [4.69, 9.17) is 0 Å². The number of alkyl halides is 3. The summed E-state index contributed by atoms with van der Waals surface area (Å²) in [7, 11) is 0. The minimum Gasteiger partial charge on any atom is -0.281 e. The van der Waals surface area contributed by atoms with Gasteiger partial charge in [0.15, 0.2) is 12.5 Å². The molecule has 3 N–H and O–H groups in total. The maximum absolute atomic E-state index is 12.3. The Balaban J connectivity index is 2.09. The van der Waals surface area contributed by atoms with Gasteiger partial charge in [0.2, 0.25) is 5.91 Å². The molecule has 15 heavy (non-hydrogen) atoms. The predicted octanol–water partition coefficient (Wildman–Crippen LogP) is -0.523. The first-order chi connectivity index (χ1) is 6.88. The summed E-state index contributed by atoms with van der Waals surface area (Å²) < 4.78 is 37.0. The number of hydrazine groups is 1. The van der Waals surface area contributed by atoms with Crippen molar-refractivity contribution in [3.8, 4) is 0 Å². The van der Waals surface area contributed by atoms with Crippen molar-refractivity contribution in [1.29, 1.82) is 0 Å². The molecule has 86 valence electrons. The molecule has 0 aromatic rings. The first-order valence-electron chi connectivity index (χ1n) is 4.55. The topological polar surface area (TPSA) is 56.4 Å². The maximum atomic E-state index is 12.3. The van der Waals surface area contributed by atoms with E-state index in [0.29, 0.717) is 0 Å². The molecule has 5 nitrogen and oxygen atoms in total. The molecule has 0 spiro atoms. The van der Waals surface area contributed by atoms with Gasteiger partial charge in [0, 0.05) is 12.5 Å². The molecule has 0 aromatic heterocycles. The number of amides is 1. The highest BCUT2D eigenvalue weighted by molar-refractivity contribution is 5.77. The van der Waals surface area contributed by atoms with Crippen molar-refractivity contribution in [2.75, 3.05) is 0 Å². The fraction of sp³-hybridized carbons (Fsp3) is 0.857. The Bertz CT molecular complexity index is 282. The van der Waals surface area contributed by atoms with Crippen LogP contribution in [0, 0.1) is 0 Å². The summed E-state index contributed by atoms with van der Waals surface area (Å²) in [5, 5.41) is 6.05. The van der Waals surface area contributed by atoms with Crippen molar-refractivity contribution >= 4 is 5.91 Å². The van der Waals surface area contributed by atoms with E-state index in [0.717, 1.165) is 5.01 Å². The minimum absolute atomic E-state index is 0.125. The molecule has 1 amide bonds. The Morgan fingerprint density at radius 3 is 2.67 bits per heavy atom. The van der Waals surface area contributed by atoms with Gasteiger partial charge in [0.1, 0.15) is 0 Å². The number of rotatable bonds is 0. The van der Waals surface area contributed by atoms with Crippen LogP contribution in [-0.2, 0) is 4.79 Å². The van der Waals surface area contributed by atoms with Gasteiger partial charge in [-0.1, -0.05) is 0 Å². The molecule has 0 aliphatic carbocycles. The van der Waals surface area contributed by atoms with Crippen LogP contribution >= 0.6 is 0 Å². The molecular formula is C7H11F3N4O. The highest BCUT2D eigenvalue weighted by Gasteiger charge is 2.50. The first-order valence-corrected chi connectivity index (χ1v) is 4.55. The third-order valence-electron chi connectivity index (χ3n) is 2.37. The number of hydrogen-bond donors (Lipinski definition) is 3. The second-order valence-corrected chi connectivity index (χ2v) is 3.71. The zero-order valence-electron chi connectivity index (χ0n) is 7.93. The van der Waals surface area contributed by atoms with E-state index in [9.17, 15) is 18.0 Å². The number of nitrogens with one attached hydrogen (secondary N) is 3. The van der Waals surface area contributed by atoms with Gasteiger partial charge in [-0.15, -0.1) is 0 Å². The van der Waals surface area contributed by atoms with Crippen LogP contribution in [0.5, 0.6) is 0 Å². The van der Waals surface area contributed by atoms with E-state index in [1.54, 1.807) is 6.92 Å². The summed E-state index contributed by atoms with van der Waals surface area (Å²) in [5.74, 6) is -0.342. The molecule has 2 aliphatic rings. The molecule has 2 heterocycles. The molecule has 2 saturated heterocycles. The standard InChI is InChI=1S/C7H11F3N4O/c1-3-2-4(15)14-6(11-3)12-5(13-14)7(8,9)10/h3,5-6,11-13H,2H2,1H3. The van der Waals surface area contributed by atoms with Crippen molar-refractivity contribution in [3.05, 3.63) is 0 Å². The van der Waals surface area contributed by atoms with Crippen LogP contribution < -0.4 is 16.1 Å². The van der Waals surface area contributed by atoms with Crippen molar-refractivity contribution in [2.45, 2.75) is 38.0 Å². The lowest BCUT2D eigenvalue weighted by Crippen LogP contribution is -2.60. The quantitative estimate of drug-likeness (QED) is 0.518. The Morgan fingerprint density at radius 2 is 2.07 bits per heavy atom. The van der Waals surface area contributed by atoms with Crippen LogP contribution in [0.2, 0.25) is 0 Å². The maximum Gasteiger partial charge on any atom is 0.418 e. The predicted molar refractivity (Wildman–Crippen MR) is 44.0 cm³/mol. The third kappa shape index (κ3) is 1.92. The van der Waals surface area contributed by atoms with Crippen LogP contribution in [0.4, 0.5) is 13.2 Å². The number of carbonyl (C=O) groups is 1. The van der Waals surface area contributed by atoms with E-state index < -0.39 is 18.6 Å². The fourth-order valence-corrected chi connectivity index (χ4v) is 1.68. The van der Waals surface area contributed by atoms with Crippen molar-refractivity contribution < 1.29 is 18.0 Å². The minimum atomic E-state index is -4.41. The van der Waals surface area contributed by atoms with Crippen LogP contribution in [0.15, 0.2) is 0 Å². The second kappa shape index (κ2) is 3.32. The molecular weight excluding hydrogens is 213 g/mol. The molecule has 3 atom stereocenters.